The average Bonchev–Trinajstić information content (AvgIpc) is 2.43. The van der Waals surface area contributed by atoms with Crippen molar-refractivity contribution in [2.24, 2.45) is 16.9 Å². The number of carbonyl (C=O) groups is 1. The van der Waals surface area contributed by atoms with E-state index in [1.807, 2.05) is 24.3 Å². The van der Waals surface area contributed by atoms with E-state index in [1.54, 1.807) is 0 Å². The van der Waals surface area contributed by atoms with Gasteiger partial charge in [-0.05, 0) is 45.3 Å². The molecule has 2 rings (SSSR count). The van der Waals surface area contributed by atoms with Crippen LogP contribution < -0.4 is 11.5 Å². The van der Waals surface area contributed by atoms with Gasteiger partial charge >= 0.3 is 0 Å². The summed E-state index contributed by atoms with van der Waals surface area (Å²) in [5, 5.41) is 0.322. The summed E-state index contributed by atoms with van der Waals surface area (Å²) in [4.78, 5) is 14.2. The first-order valence-corrected chi connectivity index (χ1v) is 7.76. The zero-order chi connectivity index (χ0) is 14.6. The molecule has 0 spiro atoms. The monoisotopic (exact) mass is 297 g/mol. The predicted octanol–water partition coefficient (Wildman–Crippen LogP) is 1.39. The smallest absolute Gasteiger partial charge is 0.229 e. The summed E-state index contributed by atoms with van der Waals surface area (Å²) in [6.07, 6.45) is 11.2. The zero-order valence-corrected chi connectivity index (χ0v) is 12.6. The Morgan fingerprint density at radius 2 is 2.05 bits per heavy atom. The SMILES string of the molecule is NC(=O)C1(CCCN2CCC(Cl)CC2)C=CC=CC1N. The number of likely N-dealkylation sites (tertiary alicyclic amines) is 1. The molecule has 2 aliphatic rings. The van der Waals surface area contributed by atoms with E-state index in [0.717, 1.165) is 38.9 Å². The van der Waals surface area contributed by atoms with Crippen LogP contribution in [0.3, 0.4) is 0 Å². The third-order valence-electron chi connectivity index (χ3n) is 4.46. The second-order valence-corrected chi connectivity index (χ2v) is 6.41. The molecule has 0 aromatic heterocycles. The third-order valence-corrected chi connectivity index (χ3v) is 4.90. The number of alkyl halides is 1. The van der Waals surface area contributed by atoms with E-state index in [2.05, 4.69) is 4.90 Å². The fraction of sp³-hybridized carbons (Fsp3) is 0.667. The lowest BCUT2D eigenvalue weighted by Gasteiger charge is -2.35. The van der Waals surface area contributed by atoms with E-state index in [0.29, 0.717) is 11.8 Å². The number of nitrogens with two attached hydrogens (primary N) is 2. The van der Waals surface area contributed by atoms with Crippen LogP contribution in [0, 0.1) is 5.41 Å². The summed E-state index contributed by atoms with van der Waals surface area (Å²) >= 11 is 6.10. The molecule has 0 aromatic rings. The lowest BCUT2D eigenvalue weighted by Crippen LogP contribution is -2.49. The number of hydrogen-bond acceptors (Lipinski definition) is 3. The molecule has 1 aliphatic carbocycles. The first-order valence-electron chi connectivity index (χ1n) is 7.32. The summed E-state index contributed by atoms with van der Waals surface area (Å²) in [6.45, 7) is 3.06. The van der Waals surface area contributed by atoms with E-state index >= 15 is 0 Å². The maximum absolute atomic E-state index is 11.8. The van der Waals surface area contributed by atoms with Crippen molar-refractivity contribution in [3.63, 3.8) is 0 Å². The van der Waals surface area contributed by atoms with Crippen LogP contribution in [0.5, 0.6) is 0 Å². The molecular formula is C15H24ClN3O. The number of allylic oxidation sites excluding steroid dienone is 2. The Labute approximate surface area is 125 Å². The molecule has 0 bridgehead atoms. The molecule has 5 heteroatoms. The van der Waals surface area contributed by atoms with Crippen LogP contribution in [0.4, 0.5) is 0 Å². The first kappa shape index (κ1) is 15.5. The maximum atomic E-state index is 11.8. The van der Waals surface area contributed by atoms with Crippen molar-refractivity contribution in [2.75, 3.05) is 19.6 Å². The number of carbonyl (C=O) groups excluding carboxylic acids is 1. The average molecular weight is 298 g/mol. The molecule has 2 atom stereocenters. The molecule has 112 valence electrons. The van der Waals surface area contributed by atoms with Crippen LogP contribution in [0.2, 0.25) is 0 Å². The second-order valence-electron chi connectivity index (χ2n) is 5.79. The Bertz CT molecular complexity index is 402. The van der Waals surface area contributed by atoms with E-state index < -0.39 is 5.41 Å². The van der Waals surface area contributed by atoms with Gasteiger partial charge in [0.1, 0.15) is 0 Å². The summed E-state index contributed by atoms with van der Waals surface area (Å²) in [5.41, 5.74) is 11.0. The zero-order valence-electron chi connectivity index (χ0n) is 11.8. The van der Waals surface area contributed by atoms with Crippen molar-refractivity contribution in [3.05, 3.63) is 24.3 Å². The summed E-state index contributed by atoms with van der Waals surface area (Å²) < 4.78 is 0. The Morgan fingerprint density at radius 1 is 1.35 bits per heavy atom. The minimum atomic E-state index is -0.723. The fourth-order valence-electron chi connectivity index (χ4n) is 3.03. The predicted molar refractivity (Wildman–Crippen MR) is 82.4 cm³/mol. The van der Waals surface area contributed by atoms with Gasteiger partial charge in [-0.25, -0.2) is 0 Å². The standard InChI is InChI=1S/C15H24ClN3O/c16-12-5-10-19(11-6-12)9-3-8-15(14(18)20)7-2-1-4-13(15)17/h1-2,4,7,12-13H,3,5-6,8-11,17H2,(H2,18,20). The number of primary amides is 1. The number of rotatable bonds is 5. The van der Waals surface area contributed by atoms with Gasteiger partial charge < -0.3 is 16.4 Å². The highest BCUT2D eigenvalue weighted by atomic mass is 35.5. The minimum absolute atomic E-state index is 0.321. The van der Waals surface area contributed by atoms with Crippen molar-refractivity contribution < 1.29 is 4.79 Å². The molecule has 1 heterocycles. The van der Waals surface area contributed by atoms with Crippen molar-refractivity contribution in [3.8, 4) is 0 Å². The Kier molecular flexibility index (Phi) is 5.24. The number of piperidine rings is 1. The Hall–Kier alpha value is -0.840. The van der Waals surface area contributed by atoms with Gasteiger partial charge in [-0.3, -0.25) is 4.79 Å². The molecule has 1 amide bonds. The number of nitrogens with zero attached hydrogens (tertiary/aromatic N) is 1. The number of hydrogen-bond donors (Lipinski definition) is 2. The quantitative estimate of drug-likeness (QED) is 0.753. The van der Waals surface area contributed by atoms with E-state index in [4.69, 9.17) is 23.1 Å². The van der Waals surface area contributed by atoms with E-state index in [-0.39, 0.29) is 11.9 Å². The van der Waals surface area contributed by atoms with Gasteiger partial charge in [0, 0.05) is 11.4 Å². The molecule has 0 radical (unpaired) electrons. The van der Waals surface area contributed by atoms with Gasteiger partial charge in [0.05, 0.1) is 5.41 Å². The lowest BCUT2D eigenvalue weighted by molar-refractivity contribution is -0.126. The highest BCUT2D eigenvalue weighted by Gasteiger charge is 2.39. The fourth-order valence-corrected chi connectivity index (χ4v) is 3.23. The molecule has 1 aliphatic heterocycles. The third kappa shape index (κ3) is 3.43. The summed E-state index contributed by atoms with van der Waals surface area (Å²) in [5.74, 6) is -0.329. The van der Waals surface area contributed by atoms with Gasteiger partial charge in [-0.1, -0.05) is 24.3 Å². The highest BCUT2D eigenvalue weighted by molar-refractivity contribution is 6.20. The summed E-state index contributed by atoms with van der Waals surface area (Å²) in [7, 11) is 0. The minimum Gasteiger partial charge on any atom is -0.369 e. The molecule has 0 aromatic carbocycles. The van der Waals surface area contributed by atoms with Crippen LogP contribution in [0.1, 0.15) is 25.7 Å². The van der Waals surface area contributed by atoms with Gasteiger partial charge in [0.2, 0.25) is 5.91 Å². The van der Waals surface area contributed by atoms with Gasteiger partial charge in [-0.2, -0.15) is 0 Å². The molecule has 0 saturated carbocycles. The molecule has 1 fully saturated rings. The molecule has 4 N–H and O–H groups in total. The summed E-state index contributed by atoms with van der Waals surface area (Å²) in [6, 6.07) is -0.321. The lowest BCUT2D eigenvalue weighted by atomic mass is 9.73. The highest BCUT2D eigenvalue weighted by Crippen LogP contribution is 2.32. The maximum Gasteiger partial charge on any atom is 0.229 e. The van der Waals surface area contributed by atoms with Crippen molar-refractivity contribution >= 4 is 17.5 Å². The Morgan fingerprint density at radius 3 is 2.65 bits per heavy atom. The largest absolute Gasteiger partial charge is 0.369 e. The van der Waals surface area contributed by atoms with Crippen LogP contribution >= 0.6 is 11.6 Å². The number of amides is 1. The topological polar surface area (TPSA) is 72.4 Å². The molecular weight excluding hydrogens is 274 g/mol. The normalized spacial score (nSPS) is 31.6. The molecule has 1 saturated heterocycles. The van der Waals surface area contributed by atoms with Crippen LogP contribution in [-0.2, 0) is 4.79 Å². The van der Waals surface area contributed by atoms with Crippen molar-refractivity contribution in [2.45, 2.75) is 37.1 Å². The van der Waals surface area contributed by atoms with Gasteiger partial charge in [0.25, 0.3) is 0 Å². The van der Waals surface area contributed by atoms with Crippen molar-refractivity contribution in [1.29, 1.82) is 0 Å². The first-order chi connectivity index (χ1) is 9.54. The molecule has 2 unspecified atom stereocenters. The molecule has 4 nitrogen and oxygen atoms in total. The van der Waals surface area contributed by atoms with Crippen LogP contribution in [-0.4, -0.2) is 41.9 Å². The second kappa shape index (κ2) is 6.74. The van der Waals surface area contributed by atoms with Crippen molar-refractivity contribution in [1.82, 2.24) is 4.90 Å². The van der Waals surface area contributed by atoms with Crippen LogP contribution in [0.15, 0.2) is 24.3 Å². The van der Waals surface area contributed by atoms with Gasteiger partial charge in [-0.15, -0.1) is 11.6 Å². The van der Waals surface area contributed by atoms with Crippen LogP contribution in [0.25, 0.3) is 0 Å². The van der Waals surface area contributed by atoms with Gasteiger partial charge in [0.15, 0.2) is 0 Å². The van der Waals surface area contributed by atoms with E-state index in [1.165, 1.54) is 0 Å². The number of halogens is 1. The Balaban J connectivity index is 1.86. The van der Waals surface area contributed by atoms with E-state index in [9.17, 15) is 4.79 Å². The molecule has 20 heavy (non-hydrogen) atoms.